The van der Waals surface area contributed by atoms with Crippen LogP contribution in [0.25, 0.3) is 0 Å². The third kappa shape index (κ3) is 7.41. The lowest BCUT2D eigenvalue weighted by molar-refractivity contribution is -0.153. The number of aromatic nitrogens is 2. The van der Waals surface area contributed by atoms with Crippen molar-refractivity contribution in [1.82, 2.24) is 9.55 Å². The Bertz CT molecular complexity index is 1050. The van der Waals surface area contributed by atoms with Gasteiger partial charge in [-0.15, -0.1) is 0 Å². The Labute approximate surface area is 178 Å². The summed E-state index contributed by atoms with van der Waals surface area (Å²) in [6, 6.07) is 6.97. The summed E-state index contributed by atoms with van der Waals surface area (Å²) in [4.78, 5) is 49.1. The Morgan fingerprint density at radius 3 is 2.55 bits per heavy atom. The van der Waals surface area contributed by atoms with Gasteiger partial charge < -0.3 is 14.6 Å². The van der Waals surface area contributed by atoms with Gasteiger partial charge in [0.2, 0.25) is 0 Å². The summed E-state index contributed by atoms with van der Waals surface area (Å²) >= 11 is 0. The zero-order chi connectivity index (χ0) is 23.2. The highest BCUT2D eigenvalue weighted by Gasteiger charge is 2.21. The first-order valence-corrected chi connectivity index (χ1v) is 9.69. The van der Waals surface area contributed by atoms with Gasteiger partial charge in [-0.3, -0.25) is 19.7 Å². The lowest BCUT2D eigenvalue weighted by Gasteiger charge is -2.21. The fourth-order valence-corrected chi connectivity index (χ4v) is 2.72. The summed E-state index contributed by atoms with van der Waals surface area (Å²) in [6.07, 6.45) is -0.116. The number of hydrogen-bond acceptors (Lipinski definition) is 6. The fraction of sp³-hybridized carbons (Fsp3) is 0.429. The molecule has 0 saturated carbocycles. The van der Waals surface area contributed by atoms with Crippen LogP contribution >= 0.6 is 0 Å². The number of aryl methyl sites for hydroxylation is 2. The molecule has 10 heteroatoms. The Morgan fingerprint density at radius 2 is 1.90 bits per heavy atom. The molecule has 0 unspecified atom stereocenters. The van der Waals surface area contributed by atoms with Crippen LogP contribution in [0.2, 0.25) is 0 Å². The van der Waals surface area contributed by atoms with E-state index in [1.807, 2.05) is 0 Å². The molecule has 1 amide bonds. The third-order valence-corrected chi connectivity index (χ3v) is 4.21. The van der Waals surface area contributed by atoms with Crippen LogP contribution < -0.4 is 16.6 Å². The minimum atomic E-state index is -1.20. The van der Waals surface area contributed by atoms with Gasteiger partial charge in [-0.05, 0) is 52.2 Å². The van der Waals surface area contributed by atoms with Crippen molar-refractivity contribution in [2.24, 2.45) is 0 Å². The van der Waals surface area contributed by atoms with E-state index < -0.39 is 35.0 Å². The molecule has 168 valence electrons. The van der Waals surface area contributed by atoms with Crippen LogP contribution in [0.5, 0.6) is 0 Å². The van der Waals surface area contributed by atoms with Gasteiger partial charge in [0.05, 0.1) is 0 Å². The van der Waals surface area contributed by atoms with E-state index in [2.05, 4.69) is 10.3 Å². The Balaban J connectivity index is 2.05. The van der Waals surface area contributed by atoms with Crippen LogP contribution in [0.15, 0.2) is 40.1 Å². The number of carboxylic acid groups (broad SMARTS) is 1. The molecule has 31 heavy (non-hydrogen) atoms. The lowest BCUT2D eigenvalue weighted by atomic mass is 10.0. The first-order chi connectivity index (χ1) is 14.5. The van der Waals surface area contributed by atoms with Gasteiger partial charge in [0.25, 0.3) is 5.56 Å². The second kappa shape index (κ2) is 10.1. The normalized spacial score (nSPS) is 12.3. The number of carboxylic acids is 1. The molecule has 0 saturated heterocycles. The molecule has 2 aromatic rings. The highest BCUT2D eigenvalue weighted by molar-refractivity contribution is 5.86. The van der Waals surface area contributed by atoms with Crippen LogP contribution in [0.4, 0.5) is 10.5 Å². The molecule has 0 aliphatic carbocycles. The van der Waals surface area contributed by atoms with Crippen LogP contribution in [0.3, 0.4) is 0 Å². The molecule has 0 aliphatic heterocycles. The monoisotopic (exact) mass is 433 g/mol. The number of benzene rings is 1. The molecule has 0 bridgehead atoms. The maximum Gasteiger partial charge on any atom is 0.412 e. The van der Waals surface area contributed by atoms with Crippen LogP contribution in [-0.4, -0.2) is 38.4 Å². The smallest absolute Gasteiger partial charge is 0.412 e. The van der Waals surface area contributed by atoms with Crippen molar-refractivity contribution < 1.29 is 24.2 Å². The number of anilines is 1. The summed E-state index contributed by atoms with van der Waals surface area (Å²) in [7, 11) is 0. The molecule has 0 spiro atoms. The highest BCUT2D eigenvalue weighted by atomic mass is 16.6. The third-order valence-electron chi connectivity index (χ3n) is 4.21. The molecular weight excluding hydrogens is 406 g/mol. The van der Waals surface area contributed by atoms with Crippen LogP contribution in [0.1, 0.15) is 38.3 Å². The Morgan fingerprint density at radius 1 is 1.23 bits per heavy atom. The number of amides is 1. The molecule has 1 atom stereocenters. The summed E-state index contributed by atoms with van der Waals surface area (Å²) in [5.74, 6) is -1.19. The number of carbonyl (C=O) groups excluding carboxylic acids is 1. The molecule has 0 radical (unpaired) electrons. The molecule has 10 nitrogen and oxygen atoms in total. The number of carbonyl (C=O) groups is 2. The van der Waals surface area contributed by atoms with Crippen molar-refractivity contribution >= 4 is 17.7 Å². The average molecular weight is 433 g/mol. The maximum atomic E-state index is 12.1. The molecule has 3 N–H and O–H groups in total. The standard InChI is InChI=1S/C21H27N3O7/c1-13-11-24(19(28)23-17(13)25)12-30-16(18(26)27)10-9-14-7-5-6-8-15(14)22-20(29)31-21(2,3)4/h5-8,11,16H,9-10,12H2,1-4H3,(H,22,29)(H,26,27)(H,23,25,28)/t16-/m0/s1. The lowest BCUT2D eigenvalue weighted by Crippen LogP contribution is -2.34. The first kappa shape index (κ1) is 23.9. The van der Waals surface area contributed by atoms with Gasteiger partial charge in [0.1, 0.15) is 12.3 Å². The van der Waals surface area contributed by atoms with Gasteiger partial charge in [-0.2, -0.15) is 0 Å². The zero-order valence-corrected chi connectivity index (χ0v) is 17.9. The number of hydrogen-bond donors (Lipinski definition) is 3. The Hall–Kier alpha value is -3.40. The number of nitrogens with zero attached hydrogens (tertiary/aromatic N) is 1. The minimum Gasteiger partial charge on any atom is -0.479 e. The first-order valence-electron chi connectivity index (χ1n) is 9.69. The van der Waals surface area contributed by atoms with Crippen molar-refractivity contribution in [3.8, 4) is 0 Å². The summed E-state index contributed by atoms with van der Waals surface area (Å²) in [5.41, 5.74) is -0.331. The predicted molar refractivity (Wildman–Crippen MR) is 113 cm³/mol. The van der Waals surface area contributed by atoms with Crippen molar-refractivity contribution in [3.05, 3.63) is 62.4 Å². The number of rotatable bonds is 8. The molecule has 2 rings (SSSR count). The van der Waals surface area contributed by atoms with Crippen molar-refractivity contribution in [2.45, 2.75) is 59.0 Å². The van der Waals surface area contributed by atoms with E-state index >= 15 is 0 Å². The zero-order valence-electron chi connectivity index (χ0n) is 17.9. The van der Waals surface area contributed by atoms with E-state index in [9.17, 15) is 24.3 Å². The van der Waals surface area contributed by atoms with Crippen molar-refractivity contribution in [1.29, 1.82) is 0 Å². The van der Waals surface area contributed by atoms with Gasteiger partial charge in [-0.25, -0.2) is 14.4 Å². The quantitative estimate of drug-likeness (QED) is 0.580. The maximum absolute atomic E-state index is 12.1. The van der Waals surface area contributed by atoms with Gasteiger partial charge in [-0.1, -0.05) is 18.2 Å². The van der Waals surface area contributed by atoms with Crippen LogP contribution in [-0.2, 0) is 27.4 Å². The molecule has 0 fully saturated rings. The van der Waals surface area contributed by atoms with Crippen molar-refractivity contribution in [2.75, 3.05) is 5.32 Å². The van der Waals surface area contributed by atoms with E-state index in [0.717, 1.165) is 4.57 Å². The van der Waals surface area contributed by atoms with Crippen molar-refractivity contribution in [3.63, 3.8) is 0 Å². The average Bonchev–Trinajstić information content (AvgIpc) is 2.64. The van der Waals surface area contributed by atoms with E-state index in [4.69, 9.17) is 9.47 Å². The number of H-pyrrole nitrogens is 1. The SMILES string of the molecule is Cc1cn(CO[C@@H](CCc2ccccc2NC(=O)OC(C)(C)C)C(=O)O)c(=O)[nH]c1=O. The minimum absolute atomic E-state index is 0.0967. The summed E-state index contributed by atoms with van der Waals surface area (Å²) in [5, 5.41) is 12.1. The van der Waals surface area contributed by atoms with E-state index in [0.29, 0.717) is 23.2 Å². The molecule has 1 aromatic carbocycles. The summed E-state index contributed by atoms with van der Waals surface area (Å²) < 4.78 is 11.7. The van der Waals surface area contributed by atoms with E-state index in [1.54, 1.807) is 45.0 Å². The molecular formula is C21H27N3O7. The topological polar surface area (TPSA) is 140 Å². The number of nitrogens with one attached hydrogen (secondary N) is 2. The number of aromatic amines is 1. The van der Waals surface area contributed by atoms with Crippen LogP contribution in [0, 0.1) is 6.92 Å². The number of ether oxygens (including phenoxy) is 2. The van der Waals surface area contributed by atoms with E-state index in [-0.39, 0.29) is 13.2 Å². The van der Waals surface area contributed by atoms with Gasteiger partial charge >= 0.3 is 17.8 Å². The fourth-order valence-electron chi connectivity index (χ4n) is 2.72. The van der Waals surface area contributed by atoms with E-state index in [1.165, 1.54) is 13.1 Å². The largest absolute Gasteiger partial charge is 0.479 e. The van der Waals surface area contributed by atoms with Gasteiger partial charge in [0, 0.05) is 17.4 Å². The molecule has 1 heterocycles. The number of aliphatic carboxylic acids is 1. The number of para-hydroxylation sites is 1. The summed E-state index contributed by atoms with van der Waals surface area (Å²) in [6.45, 7) is 6.46. The second-order valence-corrected chi connectivity index (χ2v) is 7.99. The molecule has 0 aliphatic rings. The highest BCUT2D eigenvalue weighted by Crippen LogP contribution is 2.20. The predicted octanol–water partition coefficient (Wildman–Crippen LogP) is 2.25. The molecule has 1 aromatic heterocycles. The second-order valence-electron chi connectivity index (χ2n) is 7.99. The van der Waals surface area contributed by atoms with Gasteiger partial charge in [0.15, 0.2) is 6.10 Å². The Kier molecular flexibility index (Phi) is 7.76.